The average Bonchev–Trinajstić information content (AvgIpc) is 3.66. The molecule has 1 unspecified atom stereocenters. The Hall–Kier alpha value is -2.07. The number of rotatable bonds is 9. The summed E-state index contributed by atoms with van der Waals surface area (Å²) < 4.78 is 37.3. The molecule has 3 aromatic carbocycles. The van der Waals surface area contributed by atoms with Crippen molar-refractivity contribution in [2.75, 3.05) is 6.61 Å². The van der Waals surface area contributed by atoms with Crippen LogP contribution in [0.4, 0.5) is 4.39 Å². The molecule has 5 N–H and O–H groups in total. The maximum absolute atomic E-state index is 15.9. The fraction of sp³-hybridized carbons (Fsp3) is 0.250. The van der Waals surface area contributed by atoms with E-state index in [0.717, 1.165) is 10.5 Å². The van der Waals surface area contributed by atoms with Gasteiger partial charge in [0.1, 0.15) is 5.82 Å². The van der Waals surface area contributed by atoms with Crippen LogP contribution in [0.3, 0.4) is 0 Å². The van der Waals surface area contributed by atoms with Crippen molar-refractivity contribution in [3.8, 4) is 11.1 Å². The Bertz CT molecular complexity index is 1270. The number of fused-ring (bicyclic) bond motifs is 1. The van der Waals surface area contributed by atoms with Gasteiger partial charge in [0, 0.05) is 4.90 Å². The predicted molar refractivity (Wildman–Crippen MR) is 124 cm³/mol. The molecule has 1 atom stereocenters. The Balaban J connectivity index is 1.46. The van der Waals surface area contributed by atoms with E-state index < -0.39 is 36.9 Å². The van der Waals surface area contributed by atoms with E-state index in [4.69, 9.17) is 14.8 Å². The highest BCUT2D eigenvalue weighted by molar-refractivity contribution is 7.99. The second kappa shape index (κ2) is 8.26. The van der Waals surface area contributed by atoms with Crippen molar-refractivity contribution < 1.29 is 33.3 Å². The highest BCUT2D eigenvalue weighted by Gasteiger charge is 3.01. The molecule has 5 rings (SSSR count). The van der Waals surface area contributed by atoms with Crippen LogP contribution in [0.5, 0.6) is 0 Å². The van der Waals surface area contributed by atoms with E-state index in [1.807, 2.05) is 66.7 Å². The first-order chi connectivity index (χ1) is 16.2. The lowest BCUT2D eigenvalue weighted by Gasteiger charge is -2.38. The molecule has 3 aromatic rings. The Morgan fingerprint density at radius 3 is 2.15 bits per heavy atom. The molecule has 0 radical (unpaired) electrons. The second-order valence-corrected chi connectivity index (χ2v) is 11.5. The Morgan fingerprint density at radius 2 is 1.59 bits per heavy atom. The summed E-state index contributed by atoms with van der Waals surface area (Å²) in [6, 6.07) is 22.3. The number of aliphatic hydroxyl groups excluding tert-OH is 1. The molecule has 0 aliphatic carbocycles. The van der Waals surface area contributed by atoms with Crippen LogP contribution in [-0.4, -0.2) is 38.8 Å². The van der Waals surface area contributed by atoms with Crippen molar-refractivity contribution in [2.45, 2.75) is 39.5 Å². The predicted octanol–water partition coefficient (Wildman–Crippen LogP) is 3.85. The van der Waals surface area contributed by atoms with Crippen LogP contribution in [-0.2, 0) is 20.0 Å². The Labute approximate surface area is 199 Å². The minimum absolute atomic E-state index is 0.0242. The van der Waals surface area contributed by atoms with E-state index in [0.29, 0.717) is 10.5 Å². The van der Waals surface area contributed by atoms with Gasteiger partial charge in [0.05, 0.1) is 17.0 Å². The average molecular weight is 503 g/mol. The van der Waals surface area contributed by atoms with Crippen molar-refractivity contribution >= 4 is 19.4 Å². The summed E-state index contributed by atoms with van der Waals surface area (Å²) in [5.74, 6) is -3.38. The van der Waals surface area contributed by atoms with Crippen LogP contribution in [0, 0.1) is 5.82 Å². The van der Waals surface area contributed by atoms with Gasteiger partial charge >= 0.3 is 13.1 Å². The van der Waals surface area contributed by atoms with Crippen molar-refractivity contribution in [3.05, 3.63) is 84.2 Å². The first-order valence-electron chi connectivity index (χ1n) is 10.6. The number of hydrogen-bond donors (Lipinski definition) is 4. The maximum atomic E-state index is 15.9. The zero-order valence-corrected chi connectivity index (χ0v) is 19.6. The molecule has 2 aliphatic rings. The summed E-state index contributed by atoms with van der Waals surface area (Å²) in [7, 11) is -3.55. The van der Waals surface area contributed by atoms with Crippen molar-refractivity contribution in [3.63, 3.8) is 0 Å². The van der Waals surface area contributed by atoms with Gasteiger partial charge in [-0.3, -0.25) is 13.6 Å². The quantitative estimate of drug-likeness (QED) is 0.197. The SMILES string of the molecule is NC(CO)(CCc1ccc(-c2ccccc2)c(Sc2ccccc2)c1F)C(O)(O)C12OP1(=O)O2. The van der Waals surface area contributed by atoms with Gasteiger partial charge in [-0.25, -0.2) is 4.39 Å². The van der Waals surface area contributed by atoms with E-state index >= 15 is 4.39 Å². The zero-order chi connectivity index (χ0) is 24.2. The van der Waals surface area contributed by atoms with Crippen molar-refractivity contribution in [1.29, 1.82) is 0 Å². The van der Waals surface area contributed by atoms with Gasteiger partial charge in [-0.1, -0.05) is 72.4 Å². The van der Waals surface area contributed by atoms with Crippen molar-refractivity contribution in [2.24, 2.45) is 5.73 Å². The second-order valence-electron chi connectivity index (χ2n) is 8.44. The number of aryl methyl sites for hydroxylation is 1. The molecule has 10 heteroatoms. The molecule has 2 fully saturated rings. The normalized spacial score (nSPS) is 24.9. The summed E-state index contributed by atoms with van der Waals surface area (Å²) in [5, 5.41) is 31.0. The highest BCUT2D eigenvalue weighted by Crippen LogP contribution is 3.00. The third-order valence-corrected chi connectivity index (χ3v) is 9.26. The summed E-state index contributed by atoms with van der Waals surface area (Å²) >= 11 is 1.28. The van der Waals surface area contributed by atoms with Gasteiger partial charge in [0.2, 0.25) is 0 Å². The monoisotopic (exact) mass is 503 g/mol. The van der Waals surface area contributed by atoms with Gasteiger partial charge in [-0.15, -0.1) is 0 Å². The molecule has 0 spiro atoms. The molecule has 2 heterocycles. The number of halogens is 1. The number of benzene rings is 3. The fourth-order valence-electron chi connectivity index (χ4n) is 3.99. The first-order valence-corrected chi connectivity index (χ1v) is 13.0. The third kappa shape index (κ3) is 3.64. The van der Waals surface area contributed by atoms with Crippen LogP contribution in [0.1, 0.15) is 12.0 Å². The topological polar surface area (TPSA) is 129 Å². The summed E-state index contributed by atoms with van der Waals surface area (Å²) in [6.45, 7) is -0.871. The number of hydrogen-bond acceptors (Lipinski definition) is 8. The van der Waals surface area contributed by atoms with Crippen LogP contribution in [0.2, 0.25) is 0 Å². The van der Waals surface area contributed by atoms with E-state index in [1.54, 1.807) is 6.07 Å². The van der Waals surface area contributed by atoms with Crippen LogP contribution >= 0.6 is 19.4 Å². The summed E-state index contributed by atoms with van der Waals surface area (Å²) in [6.07, 6.45) is -0.258. The molecule has 0 aromatic heterocycles. The standard InChI is InChI=1S/C24H23FNO6PS/c25-20-17(13-14-22(26,15-27)23(28,29)24-31-33(24,30)32-24)11-12-19(16-7-3-1-4-8-16)21(20)34-18-9-5-2-6-10-18/h1-12,27-29H,13-15,26H2. The minimum atomic E-state index is -3.55. The summed E-state index contributed by atoms with van der Waals surface area (Å²) in [4.78, 5) is 1.27. The Kier molecular flexibility index (Phi) is 5.75. The molecule has 0 saturated carbocycles. The first kappa shape index (κ1) is 23.7. The lowest BCUT2D eigenvalue weighted by Crippen LogP contribution is -2.68. The molecule has 7 nitrogen and oxygen atoms in total. The molecule has 0 bridgehead atoms. The lowest BCUT2D eigenvalue weighted by atomic mass is 9.83. The molecule has 2 saturated heterocycles. The highest BCUT2D eigenvalue weighted by atomic mass is 32.2. The molecular weight excluding hydrogens is 480 g/mol. The fourth-order valence-corrected chi connectivity index (χ4v) is 6.88. The molecule has 178 valence electrons. The lowest BCUT2D eigenvalue weighted by molar-refractivity contribution is -0.290. The van der Waals surface area contributed by atoms with Gasteiger partial charge in [-0.2, -0.15) is 0 Å². The summed E-state index contributed by atoms with van der Waals surface area (Å²) in [5.41, 5.74) is 3.80. The van der Waals surface area contributed by atoms with Gasteiger partial charge in [0.15, 0.2) is 0 Å². The maximum Gasteiger partial charge on any atom is 0.403 e. The number of aliphatic hydroxyl groups is 3. The third-order valence-electron chi connectivity index (χ3n) is 6.27. The van der Waals surface area contributed by atoms with E-state index in [1.165, 1.54) is 11.8 Å². The minimum Gasteiger partial charge on any atom is -0.394 e. The van der Waals surface area contributed by atoms with E-state index in [-0.39, 0.29) is 18.4 Å². The number of nitrogens with two attached hydrogens (primary N) is 1. The molecule has 2 aliphatic heterocycles. The smallest absolute Gasteiger partial charge is 0.394 e. The Morgan fingerprint density at radius 1 is 1.00 bits per heavy atom. The molecule has 0 amide bonds. The van der Waals surface area contributed by atoms with Crippen LogP contribution in [0.25, 0.3) is 11.1 Å². The van der Waals surface area contributed by atoms with Crippen molar-refractivity contribution in [1.82, 2.24) is 0 Å². The zero-order valence-electron chi connectivity index (χ0n) is 17.9. The molecule has 34 heavy (non-hydrogen) atoms. The van der Waals surface area contributed by atoms with Gasteiger partial charge < -0.3 is 21.1 Å². The molecular formula is C24H23FNO6PS. The van der Waals surface area contributed by atoms with E-state index in [9.17, 15) is 19.9 Å². The largest absolute Gasteiger partial charge is 0.403 e. The van der Waals surface area contributed by atoms with Gasteiger partial charge in [-0.05, 0) is 41.7 Å². The van der Waals surface area contributed by atoms with E-state index in [2.05, 4.69) is 0 Å². The van der Waals surface area contributed by atoms with Crippen LogP contribution in [0.15, 0.2) is 82.6 Å². The van der Waals surface area contributed by atoms with Crippen LogP contribution < -0.4 is 5.73 Å². The van der Waals surface area contributed by atoms with Gasteiger partial charge in [0.25, 0.3) is 5.79 Å².